The molecule has 0 unspecified atom stereocenters. The van der Waals surface area contributed by atoms with Crippen molar-refractivity contribution in [3.05, 3.63) is 288 Å². The Morgan fingerprint density at radius 3 is 1.05 bits per heavy atom. The van der Waals surface area contributed by atoms with Gasteiger partial charge in [-0.15, -0.1) is 0 Å². The quantitative estimate of drug-likeness (QED) is 0.0473. The fraction of sp³-hybridized carbons (Fsp3) is 0.172. The molecule has 2 saturated carbocycles. The summed E-state index contributed by atoms with van der Waals surface area (Å²) in [6.45, 7) is 3.22. The lowest BCUT2D eigenvalue weighted by Gasteiger charge is -2.17. The Hall–Kier alpha value is -15.6. The highest BCUT2D eigenvalue weighted by molar-refractivity contribution is 6.02. The second-order valence-corrected chi connectivity index (χ2v) is 28.1. The Bertz CT molecular complexity index is 6230. The van der Waals surface area contributed by atoms with Crippen LogP contribution in [0, 0.1) is 0 Å². The molecule has 2 fully saturated rings. The molecule has 8 aromatic heterocycles. The first-order chi connectivity index (χ1) is 58.3. The number of hydrogen-bond acceptors (Lipinski definition) is 24. The van der Waals surface area contributed by atoms with Crippen LogP contribution >= 0.6 is 0 Å². The van der Waals surface area contributed by atoms with Crippen molar-refractivity contribution in [2.45, 2.75) is 51.1 Å². The highest BCUT2D eigenvalue weighted by atomic mass is 16.5. The number of likely N-dealkylation sites (N-methyl/N-ethyl adjacent to an activating group) is 4. The van der Waals surface area contributed by atoms with E-state index in [-0.39, 0.29) is 75.1 Å². The van der Waals surface area contributed by atoms with E-state index in [2.05, 4.69) is 73.7 Å². The van der Waals surface area contributed by atoms with Gasteiger partial charge in [0.25, 0.3) is 0 Å². The summed E-state index contributed by atoms with van der Waals surface area (Å²) in [5.74, 6) is 3.53. The van der Waals surface area contributed by atoms with E-state index in [1.54, 1.807) is 136 Å². The number of imidazole rings is 3. The van der Waals surface area contributed by atoms with Gasteiger partial charge in [0.2, 0.25) is 29.6 Å². The van der Waals surface area contributed by atoms with Gasteiger partial charge < -0.3 is 46.1 Å². The van der Waals surface area contributed by atoms with Gasteiger partial charge in [-0.2, -0.15) is 0 Å². The number of anilines is 6. The number of carbonyl (C=O) groups excluding carboxylic acids is 3. The molecule has 15 aromatic rings. The zero-order valence-corrected chi connectivity index (χ0v) is 66.2. The molecule has 0 aliphatic heterocycles. The van der Waals surface area contributed by atoms with Gasteiger partial charge in [0.1, 0.15) is 58.5 Å². The fourth-order valence-electron chi connectivity index (χ4n) is 13.3. The smallest absolute Gasteiger partial charge is 0.342 e. The molecule has 33 heteroatoms. The summed E-state index contributed by atoms with van der Waals surface area (Å²) >= 11 is 0. The Kier molecular flexibility index (Phi) is 23.4. The number of para-hydroxylation sites is 3. The normalized spacial score (nSPS) is 12.5. The lowest BCUT2D eigenvalue weighted by Crippen LogP contribution is -2.26. The number of benzene rings is 7. The Morgan fingerprint density at radius 1 is 0.375 bits per heavy atom. The molecule has 33 nitrogen and oxygen atoms in total. The predicted molar refractivity (Wildman–Crippen MR) is 457 cm³/mol. The minimum absolute atomic E-state index is 0.0358. The van der Waals surface area contributed by atoms with Crippen LogP contribution in [0.5, 0.6) is 34.5 Å². The van der Waals surface area contributed by atoms with E-state index in [1.165, 1.54) is 107 Å². The molecule has 0 bridgehead atoms. The maximum Gasteiger partial charge on any atom is 0.342 e. The van der Waals surface area contributed by atoms with Crippen molar-refractivity contribution in [1.82, 2.24) is 87.0 Å². The summed E-state index contributed by atoms with van der Waals surface area (Å²) < 4.78 is 25.7. The number of ether oxygens (including phenoxy) is 3. The van der Waals surface area contributed by atoms with Crippen LogP contribution in [0.4, 0.5) is 34.5 Å². The van der Waals surface area contributed by atoms with Crippen LogP contribution in [0.1, 0.15) is 39.0 Å². The maximum absolute atomic E-state index is 13.9. The zero-order valence-electron chi connectivity index (χ0n) is 66.2. The number of aromatic nitrogens is 16. The number of hydrogen-bond donors (Lipinski definition) is 3. The standard InChI is InChI=1S/2C30H29N9O3.C27H24N6O3/c2*1-36(20-13-14-20)15-7-12-25(40)37(2)21-8-6-9-22(16-21)38-28-26(27(31)34-19-35-28)39(30(38)41)29-32-17-24(18-33-29)42-23-10-4-3-5-11-23;1-3-23(34)31(2)19-8-7-9-20(16-19)33-26-24(25(28)29-17-30-26)32(27(33)35)18-12-14-22(15-13-18)36-21-10-5-4-6-11-21/h2*3-12,16-20H,13-15H2,1-2H3,(H2,31,34,35);4-17H,3H2,1-2H3,(H2,28,29,30)/b2*12-7+;. The molecule has 0 atom stereocenters. The van der Waals surface area contributed by atoms with Crippen LogP contribution in [0.25, 0.3) is 68.1 Å². The first-order valence-corrected chi connectivity index (χ1v) is 38.3. The van der Waals surface area contributed by atoms with Crippen LogP contribution in [0.2, 0.25) is 0 Å². The number of rotatable bonds is 24. The SMILES string of the molecule is CCC(=O)N(C)c1cccc(-n2c(=O)n(-c3ccc(Oc4ccccc4)cc3)c3c(N)ncnc32)c1.CN(C(=O)/C=C/CN(C)C1CC1)c1cccc(-n2c(=O)n(-c3ncc(Oc4ccccc4)cn3)c3c(N)ncnc32)c1.CN(C(=O)/C=C/CN(C)C1CC1)c1cccc(-n2c(=O)n(-c3ncc(Oc4ccccc4)cn3)c3c(N)ncnc32)c1. The average molecular weight is 1610 g/mol. The molecule has 0 spiro atoms. The number of amides is 3. The van der Waals surface area contributed by atoms with Crippen molar-refractivity contribution in [1.29, 1.82) is 0 Å². The van der Waals surface area contributed by atoms with E-state index < -0.39 is 11.4 Å². The van der Waals surface area contributed by atoms with Crippen molar-refractivity contribution in [3.63, 3.8) is 0 Å². The van der Waals surface area contributed by atoms with Gasteiger partial charge in [-0.3, -0.25) is 28.8 Å². The molecular formula is C87H82N24O9. The van der Waals surface area contributed by atoms with Gasteiger partial charge in [-0.1, -0.05) is 91.9 Å². The minimum Gasteiger partial charge on any atom is -0.457 e. The molecule has 17 rings (SSSR count). The number of nitrogen functional groups attached to an aromatic ring is 3. The summed E-state index contributed by atoms with van der Waals surface area (Å²) in [6, 6.07) is 57.5. The molecule has 2 aliphatic carbocycles. The molecule has 0 radical (unpaired) electrons. The second kappa shape index (κ2) is 35.2. The molecule has 8 heterocycles. The van der Waals surface area contributed by atoms with Crippen LogP contribution < -0.4 is 63.2 Å². The topological polar surface area (TPSA) is 383 Å². The van der Waals surface area contributed by atoms with Gasteiger partial charge >= 0.3 is 17.1 Å². The summed E-state index contributed by atoms with van der Waals surface area (Å²) in [6.07, 6.45) is 21.9. The molecule has 120 heavy (non-hydrogen) atoms. The third kappa shape index (κ3) is 17.3. The number of nitrogens with zero attached hydrogens (tertiary/aromatic N) is 21. The van der Waals surface area contributed by atoms with Crippen molar-refractivity contribution in [2.24, 2.45) is 0 Å². The maximum atomic E-state index is 13.9. The average Bonchev–Trinajstić information content (AvgIpc) is 1.60. The molecule has 3 amide bonds. The molecule has 604 valence electrons. The van der Waals surface area contributed by atoms with Gasteiger partial charge in [0.05, 0.1) is 47.5 Å². The highest BCUT2D eigenvalue weighted by Crippen LogP contribution is 2.33. The lowest BCUT2D eigenvalue weighted by atomic mass is 10.2. The van der Waals surface area contributed by atoms with Crippen LogP contribution in [-0.4, -0.2) is 165 Å². The first kappa shape index (κ1) is 79.6. The Morgan fingerprint density at radius 2 is 0.700 bits per heavy atom. The Balaban J connectivity index is 0.000000141. The Labute approximate surface area is 686 Å². The van der Waals surface area contributed by atoms with E-state index in [0.29, 0.717) is 117 Å². The summed E-state index contributed by atoms with van der Waals surface area (Å²) in [5, 5.41) is 0. The van der Waals surface area contributed by atoms with E-state index >= 15 is 0 Å². The van der Waals surface area contributed by atoms with Gasteiger partial charge in [0.15, 0.2) is 45.9 Å². The van der Waals surface area contributed by atoms with Gasteiger partial charge in [0, 0.05) is 82.0 Å². The summed E-state index contributed by atoms with van der Waals surface area (Å²) in [4.78, 5) is 132. The number of carbonyl (C=O) groups is 3. The first-order valence-electron chi connectivity index (χ1n) is 38.3. The van der Waals surface area contributed by atoms with E-state index in [4.69, 9.17) is 31.4 Å². The van der Waals surface area contributed by atoms with Crippen molar-refractivity contribution < 1.29 is 28.6 Å². The molecule has 0 saturated heterocycles. The molecule has 7 aromatic carbocycles. The largest absolute Gasteiger partial charge is 0.457 e. The number of nitrogens with two attached hydrogens (primary N) is 3. The molecule has 6 N–H and O–H groups in total. The van der Waals surface area contributed by atoms with E-state index in [1.807, 2.05) is 109 Å². The lowest BCUT2D eigenvalue weighted by molar-refractivity contribution is -0.118. The fourth-order valence-corrected chi connectivity index (χ4v) is 13.3. The minimum atomic E-state index is -0.497. The highest BCUT2D eigenvalue weighted by Gasteiger charge is 2.29. The number of fused-ring (bicyclic) bond motifs is 3. The summed E-state index contributed by atoms with van der Waals surface area (Å²) in [5.41, 5.74) is 23.1. The van der Waals surface area contributed by atoms with Gasteiger partial charge in [-0.25, -0.2) is 87.1 Å². The molecular weight excluding hydrogens is 1530 g/mol. The summed E-state index contributed by atoms with van der Waals surface area (Å²) in [7, 11) is 9.20. The monoisotopic (exact) mass is 1610 g/mol. The van der Waals surface area contributed by atoms with Crippen molar-refractivity contribution >= 4 is 85.7 Å². The van der Waals surface area contributed by atoms with Crippen LogP contribution in [-0.2, 0) is 14.4 Å². The zero-order chi connectivity index (χ0) is 83.7. The molecule has 2 aliphatic rings. The van der Waals surface area contributed by atoms with Crippen LogP contribution in [0.3, 0.4) is 0 Å². The third-order valence-corrected chi connectivity index (χ3v) is 20.0. The third-order valence-electron chi connectivity index (χ3n) is 20.0. The van der Waals surface area contributed by atoms with Crippen molar-refractivity contribution in [2.75, 3.05) is 80.2 Å². The second-order valence-electron chi connectivity index (χ2n) is 28.1. The van der Waals surface area contributed by atoms with Gasteiger partial charge in [-0.05, 0) is 155 Å². The van der Waals surface area contributed by atoms with Crippen molar-refractivity contribution in [3.8, 4) is 69.1 Å². The van der Waals surface area contributed by atoms with Crippen LogP contribution in [0.15, 0.2) is 271 Å². The van der Waals surface area contributed by atoms with E-state index in [9.17, 15) is 28.8 Å². The predicted octanol–water partition coefficient (Wildman–Crippen LogP) is 11.0. The van der Waals surface area contributed by atoms with E-state index in [0.717, 1.165) is 0 Å².